The molecule has 0 unspecified atom stereocenters. The zero-order chi connectivity index (χ0) is 17.5. The molecule has 25 heavy (non-hydrogen) atoms. The molecule has 3 aromatic carbocycles. The van der Waals surface area contributed by atoms with Crippen molar-refractivity contribution < 1.29 is 9.18 Å². The van der Waals surface area contributed by atoms with Gasteiger partial charge in [-0.3, -0.25) is 4.79 Å². The minimum Gasteiger partial charge on any atom is -0.381 e. The van der Waals surface area contributed by atoms with Crippen molar-refractivity contribution in [2.24, 2.45) is 0 Å². The van der Waals surface area contributed by atoms with Gasteiger partial charge in [-0.15, -0.1) is 0 Å². The molecule has 0 bridgehead atoms. The Bertz CT molecular complexity index is 815. The van der Waals surface area contributed by atoms with Crippen molar-refractivity contribution in [3.8, 4) is 0 Å². The monoisotopic (exact) mass is 334 g/mol. The van der Waals surface area contributed by atoms with Crippen LogP contribution in [0.5, 0.6) is 0 Å². The number of anilines is 2. The normalized spacial score (nSPS) is 10.3. The highest BCUT2D eigenvalue weighted by Gasteiger charge is 2.04. The van der Waals surface area contributed by atoms with Gasteiger partial charge in [-0.1, -0.05) is 42.5 Å². The summed E-state index contributed by atoms with van der Waals surface area (Å²) < 4.78 is 12.9. The Kier molecular flexibility index (Phi) is 5.42. The van der Waals surface area contributed by atoms with E-state index in [0.29, 0.717) is 13.0 Å². The topological polar surface area (TPSA) is 41.1 Å². The van der Waals surface area contributed by atoms with E-state index in [1.54, 1.807) is 12.1 Å². The zero-order valence-electron chi connectivity index (χ0n) is 13.7. The first-order valence-corrected chi connectivity index (χ1v) is 8.11. The Balaban J connectivity index is 1.51. The summed E-state index contributed by atoms with van der Waals surface area (Å²) in [6, 6.07) is 23.5. The van der Waals surface area contributed by atoms with Crippen molar-refractivity contribution in [1.82, 2.24) is 0 Å². The Morgan fingerprint density at radius 2 is 1.40 bits per heavy atom. The maximum atomic E-state index is 12.9. The number of carbonyl (C=O) groups excluding carboxylic acids is 1. The molecule has 1 amide bonds. The number of para-hydroxylation sites is 1. The fourth-order valence-electron chi connectivity index (χ4n) is 2.46. The van der Waals surface area contributed by atoms with Crippen LogP contribution in [0, 0.1) is 5.82 Å². The van der Waals surface area contributed by atoms with Crippen molar-refractivity contribution in [3.63, 3.8) is 0 Å². The van der Waals surface area contributed by atoms with Crippen LogP contribution in [-0.4, -0.2) is 5.91 Å². The zero-order valence-corrected chi connectivity index (χ0v) is 13.7. The van der Waals surface area contributed by atoms with Crippen LogP contribution < -0.4 is 10.6 Å². The third kappa shape index (κ3) is 5.18. The number of hydrogen-bond acceptors (Lipinski definition) is 2. The van der Waals surface area contributed by atoms with Crippen LogP contribution in [0.15, 0.2) is 78.9 Å². The highest BCUT2D eigenvalue weighted by Crippen LogP contribution is 2.13. The van der Waals surface area contributed by atoms with Crippen molar-refractivity contribution in [2.75, 3.05) is 10.6 Å². The van der Waals surface area contributed by atoms with Crippen molar-refractivity contribution in [1.29, 1.82) is 0 Å². The summed E-state index contributed by atoms with van der Waals surface area (Å²) in [4.78, 5) is 12.0. The third-order valence-corrected chi connectivity index (χ3v) is 3.79. The van der Waals surface area contributed by atoms with Gasteiger partial charge < -0.3 is 10.6 Å². The Hall–Kier alpha value is -3.14. The molecule has 126 valence electrons. The molecule has 0 atom stereocenters. The second-order valence-electron chi connectivity index (χ2n) is 5.77. The van der Waals surface area contributed by atoms with E-state index >= 15 is 0 Å². The maximum Gasteiger partial charge on any atom is 0.228 e. The number of hydrogen-bond donors (Lipinski definition) is 2. The van der Waals surface area contributed by atoms with E-state index in [1.165, 1.54) is 12.1 Å². The Morgan fingerprint density at radius 1 is 0.760 bits per heavy atom. The Morgan fingerprint density at radius 3 is 2.08 bits per heavy atom. The molecule has 0 saturated carbocycles. The summed E-state index contributed by atoms with van der Waals surface area (Å²) in [5.74, 6) is -0.278. The average Bonchev–Trinajstić information content (AvgIpc) is 2.63. The molecule has 0 aliphatic heterocycles. The Labute approximate surface area is 146 Å². The molecule has 0 radical (unpaired) electrons. The smallest absolute Gasteiger partial charge is 0.228 e. The number of carbonyl (C=O) groups is 1. The first-order valence-electron chi connectivity index (χ1n) is 8.11. The van der Waals surface area contributed by atoms with Gasteiger partial charge in [0.25, 0.3) is 0 Å². The van der Waals surface area contributed by atoms with Gasteiger partial charge >= 0.3 is 0 Å². The number of nitrogens with one attached hydrogen (secondary N) is 2. The lowest BCUT2D eigenvalue weighted by Gasteiger charge is -2.08. The molecule has 3 aromatic rings. The second-order valence-corrected chi connectivity index (χ2v) is 5.77. The van der Waals surface area contributed by atoms with Crippen LogP contribution in [0.3, 0.4) is 0 Å². The van der Waals surface area contributed by atoms with E-state index in [2.05, 4.69) is 10.6 Å². The van der Waals surface area contributed by atoms with E-state index in [4.69, 9.17) is 0 Å². The SMILES string of the molecule is O=C(Cc1ccc(NCc2ccc(F)cc2)cc1)Nc1ccccc1. The van der Waals surface area contributed by atoms with Crippen LogP contribution in [0.25, 0.3) is 0 Å². The van der Waals surface area contributed by atoms with Crippen LogP contribution in [-0.2, 0) is 17.8 Å². The van der Waals surface area contributed by atoms with Gasteiger partial charge in [0.1, 0.15) is 5.82 Å². The van der Waals surface area contributed by atoms with Crippen molar-refractivity contribution in [3.05, 3.63) is 95.8 Å². The number of amides is 1. The van der Waals surface area contributed by atoms with Gasteiger partial charge in [0.2, 0.25) is 5.91 Å². The molecular weight excluding hydrogens is 315 g/mol. The largest absolute Gasteiger partial charge is 0.381 e. The second kappa shape index (κ2) is 8.11. The highest BCUT2D eigenvalue weighted by molar-refractivity contribution is 5.92. The molecule has 0 spiro atoms. The molecule has 2 N–H and O–H groups in total. The molecule has 0 aliphatic carbocycles. The molecule has 0 saturated heterocycles. The predicted octanol–water partition coefficient (Wildman–Crippen LogP) is 4.62. The molecule has 3 rings (SSSR count). The quantitative estimate of drug-likeness (QED) is 0.691. The summed E-state index contributed by atoms with van der Waals surface area (Å²) in [6.45, 7) is 0.619. The number of rotatable bonds is 6. The van der Waals surface area contributed by atoms with Gasteiger partial charge in [-0.25, -0.2) is 4.39 Å². The molecule has 4 heteroatoms. The highest BCUT2D eigenvalue weighted by atomic mass is 19.1. The van der Waals surface area contributed by atoms with E-state index < -0.39 is 0 Å². The van der Waals surface area contributed by atoms with Crippen LogP contribution in [0.4, 0.5) is 15.8 Å². The summed E-state index contributed by atoms with van der Waals surface area (Å²) in [6.07, 6.45) is 0.327. The number of benzene rings is 3. The van der Waals surface area contributed by atoms with E-state index in [-0.39, 0.29) is 11.7 Å². The standard InChI is InChI=1S/C21H19FN2O/c22-18-10-6-17(7-11-18)15-23-19-12-8-16(9-13-19)14-21(25)24-20-4-2-1-3-5-20/h1-13,23H,14-15H2,(H,24,25). The van der Waals surface area contributed by atoms with Crippen molar-refractivity contribution in [2.45, 2.75) is 13.0 Å². The lowest BCUT2D eigenvalue weighted by molar-refractivity contribution is -0.115. The fourth-order valence-corrected chi connectivity index (χ4v) is 2.46. The predicted molar refractivity (Wildman–Crippen MR) is 98.9 cm³/mol. The van der Waals surface area contributed by atoms with Gasteiger partial charge in [-0.05, 0) is 47.5 Å². The lowest BCUT2D eigenvalue weighted by Crippen LogP contribution is -2.14. The van der Waals surface area contributed by atoms with E-state index in [0.717, 1.165) is 22.5 Å². The van der Waals surface area contributed by atoms with Crippen molar-refractivity contribution >= 4 is 17.3 Å². The first kappa shape index (κ1) is 16.7. The lowest BCUT2D eigenvalue weighted by atomic mass is 10.1. The molecule has 0 heterocycles. The summed E-state index contributed by atoms with van der Waals surface area (Å²) in [7, 11) is 0. The van der Waals surface area contributed by atoms with Gasteiger partial charge in [0, 0.05) is 17.9 Å². The molecule has 0 aromatic heterocycles. The first-order chi connectivity index (χ1) is 12.2. The summed E-state index contributed by atoms with van der Waals surface area (Å²) in [5.41, 5.74) is 3.70. The molecular formula is C21H19FN2O. The van der Waals surface area contributed by atoms with Crippen LogP contribution >= 0.6 is 0 Å². The number of halogens is 1. The van der Waals surface area contributed by atoms with Gasteiger partial charge in [0.15, 0.2) is 0 Å². The summed E-state index contributed by atoms with van der Waals surface area (Å²) in [5, 5.41) is 6.15. The van der Waals surface area contributed by atoms with Gasteiger partial charge in [0.05, 0.1) is 6.42 Å². The molecule has 3 nitrogen and oxygen atoms in total. The van der Waals surface area contributed by atoms with Crippen LogP contribution in [0.1, 0.15) is 11.1 Å². The maximum absolute atomic E-state index is 12.9. The minimum atomic E-state index is -0.234. The van der Waals surface area contributed by atoms with E-state index in [1.807, 2.05) is 54.6 Å². The van der Waals surface area contributed by atoms with Crippen LogP contribution in [0.2, 0.25) is 0 Å². The average molecular weight is 334 g/mol. The van der Waals surface area contributed by atoms with Gasteiger partial charge in [-0.2, -0.15) is 0 Å². The third-order valence-electron chi connectivity index (χ3n) is 3.79. The van der Waals surface area contributed by atoms with E-state index in [9.17, 15) is 9.18 Å². The molecule has 0 fully saturated rings. The fraction of sp³-hybridized carbons (Fsp3) is 0.0952. The minimum absolute atomic E-state index is 0.0433. The molecule has 0 aliphatic rings. The summed E-state index contributed by atoms with van der Waals surface area (Å²) >= 11 is 0.